The summed E-state index contributed by atoms with van der Waals surface area (Å²) in [5.74, 6) is 0.313. The predicted molar refractivity (Wildman–Crippen MR) is 85.6 cm³/mol. The standard InChI is InChI=1S/C17H15NO3S/c1-21-17-10-6-5-9-15(17)11-16(12-18)22(19,20)13-14-7-3-2-4-8-14/h2-11H,13H2,1H3/b16-11+. The van der Waals surface area contributed by atoms with Crippen molar-refractivity contribution in [2.45, 2.75) is 5.75 Å². The van der Waals surface area contributed by atoms with Gasteiger partial charge in [0.05, 0.1) is 12.9 Å². The highest BCUT2D eigenvalue weighted by Gasteiger charge is 2.19. The van der Waals surface area contributed by atoms with Gasteiger partial charge in [0.25, 0.3) is 0 Å². The Morgan fingerprint density at radius 3 is 2.41 bits per heavy atom. The average molecular weight is 313 g/mol. The molecule has 2 rings (SSSR count). The lowest BCUT2D eigenvalue weighted by Gasteiger charge is -2.06. The lowest BCUT2D eigenvalue weighted by molar-refractivity contribution is 0.414. The molecule has 0 aliphatic carbocycles. The molecule has 0 saturated carbocycles. The van der Waals surface area contributed by atoms with E-state index in [1.807, 2.05) is 6.07 Å². The van der Waals surface area contributed by atoms with Gasteiger partial charge < -0.3 is 4.74 Å². The van der Waals surface area contributed by atoms with Gasteiger partial charge in [0.1, 0.15) is 16.7 Å². The largest absolute Gasteiger partial charge is 0.496 e. The van der Waals surface area contributed by atoms with Crippen molar-refractivity contribution >= 4 is 15.9 Å². The van der Waals surface area contributed by atoms with Gasteiger partial charge in [-0.25, -0.2) is 8.42 Å². The number of allylic oxidation sites excluding steroid dienone is 1. The zero-order valence-electron chi connectivity index (χ0n) is 12.1. The van der Waals surface area contributed by atoms with E-state index in [2.05, 4.69) is 0 Å². The lowest BCUT2D eigenvalue weighted by Crippen LogP contribution is -2.06. The maximum atomic E-state index is 12.4. The molecule has 0 amide bonds. The van der Waals surface area contributed by atoms with Gasteiger partial charge in [0, 0.05) is 5.56 Å². The van der Waals surface area contributed by atoms with Crippen molar-refractivity contribution in [3.8, 4) is 11.8 Å². The van der Waals surface area contributed by atoms with E-state index in [4.69, 9.17) is 4.74 Å². The molecule has 5 heteroatoms. The molecule has 0 fully saturated rings. The van der Waals surface area contributed by atoms with E-state index < -0.39 is 9.84 Å². The molecule has 0 unspecified atom stereocenters. The Labute approximate surface area is 130 Å². The first-order valence-electron chi connectivity index (χ1n) is 6.58. The highest BCUT2D eigenvalue weighted by atomic mass is 32.2. The van der Waals surface area contributed by atoms with E-state index in [1.54, 1.807) is 54.6 Å². The molecular formula is C17H15NO3S. The van der Waals surface area contributed by atoms with Gasteiger partial charge in [-0.3, -0.25) is 0 Å². The Kier molecular flexibility index (Phi) is 4.97. The van der Waals surface area contributed by atoms with Gasteiger partial charge >= 0.3 is 0 Å². The topological polar surface area (TPSA) is 67.2 Å². The Balaban J connectivity index is 2.39. The van der Waals surface area contributed by atoms with Crippen molar-refractivity contribution in [3.63, 3.8) is 0 Å². The van der Waals surface area contributed by atoms with Crippen molar-refractivity contribution in [1.29, 1.82) is 5.26 Å². The Bertz CT molecular complexity index is 818. The molecule has 0 spiro atoms. The maximum Gasteiger partial charge on any atom is 0.192 e. The number of hydrogen-bond acceptors (Lipinski definition) is 4. The first-order chi connectivity index (χ1) is 10.6. The number of hydrogen-bond donors (Lipinski definition) is 0. The lowest BCUT2D eigenvalue weighted by atomic mass is 10.2. The summed E-state index contributed by atoms with van der Waals surface area (Å²) in [6.45, 7) is 0. The second kappa shape index (κ2) is 6.92. The SMILES string of the molecule is COc1ccccc1/C=C(\C#N)S(=O)(=O)Cc1ccccc1. The zero-order chi connectivity index (χ0) is 16.0. The summed E-state index contributed by atoms with van der Waals surface area (Å²) >= 11 is 0. The van der Waals surface area contributed by atoms with Crippen molar-refractivity contribution < 1.29 is 13.2 Å². The van der Waals surface area contributed by atoms with Gasteiger partial charge in [-0.2, -0.15) is 5.26 Å². The fourth-order valence-corrected chi connectivity index (χ4v) is 3.22. The molecule has 112 valence electrons. The molecule has 2 aromatic rings. The van der Waals surface area contributed by atoms with Gasteiger partial charge in [-0.1, -0.05) is 48.5 Å². The second-order valence-corrected chi connectivity index (χ2v) is 6.57. The minimum atomic E-state index is -3.70. The molecule has 0 radical (unpaired) electrons. The van der Waals surface area contributed by atoms with Crippen LogP contribution in [-0.4, -0.2) is 15.5 Å². The van der Waals surface area contributed by atoms with E-state index in [0.717, 1.165) is 0 Å². The highest BCUT2D eigenvalue weighted by Crippen LogP contribution is 2.23. The quantitative estimate of drug-likeness (QED) is 0.795. The number of ether oxygens (including phenoxy) is 1. The fourth-order valence-electron chi connectivity index (χ4n) is 1.99. The molecule has 0 aliphatic rings. The van der Waals surface area contributed by atoms with Gasteiger partial charge in [0.15, 0.2) is 9.84 Å². The minimum Gasteiger partial charge on any atom is -0.496 e. The van der Waals surface area contributed by atoms with Crippen LogP contribution in [0.15, 0.2) is 59.5 Å². The zero-order valence-corrected chi connectivity index (χ0v) is 12.9. The van der Waals surface area contributed by atoms with E-state index in [0.29, 0.717) is 16.9 Å². The summed E-state index contributed by atoms with van der Waals surface area (Å²) in [5.41, 5.74) is 1.20. The van der Waals surface area contributed by atoms with Gasteiger partial charge in [-0.15, -0.1) is 0 Å². The summed E-state index contributed by atoms with van der Waals surface area (Å²) in [4.78, 5) is -0.277. The summed E-state index contributed by atoms with van der Waals surface area (Å²) in [6.07, 6.45) is 1.34. The van der Waals surface area contributed by atoms with Gasteiger partial charge in [-0.05, 0) is 17.7 Å². The summed E-state index contributed by atoms with van der Waals surface area (Å²) in [6, 6.07) is 17.5. The molecule has 0 bridgehead atoms. The second-order valence-electron chi connectivity index (χ2n) is 4.61. The Morgan fingerprint density at radius 2 is 1.77 bits per heavy atom. The predicted octanol–water partition coefficient (Wildman–Crippen LogP) is 3.17. The van der Waals surface area contributed by atoms with Crippen LogP contribution in [0.5, 0.6) is 5.75 Å². The van der Waals surface area contributed by atoms with Gasteiger partial charge in [0.2, 0.25) is 0 Å². The van der Waals surface area contributed by atoms with Crippen LogP contribution in [-0.2, 0) is 15.6 Å². The van der Waals surface area contributed by atoms with Crippen LogP contribution in [0.2, 0.25) is 0 Å². The molecule has 0 atom stereocenters. The van der Waals surface area contributed by atoms with E-state index in [1.165, 1.54) is 13.2 Å². The number of rotatable bonds is 5. The van der Waals surface area contributed by atoms with E-state index in [9.17, 15) is 13.7 Å². The summed E-state index contributed by atoms with van der Waals surface area (Å²) < 4.78 is 30.0. The first-order valence-corrected chi connectivity index (χ1v) is 8.23. The Hall–Kier alpha value is -2.58. The maximum absolute atomic E-state index is 12.4. The van der Waals surface area contributed by atoms with E-state index in [-0.39, 0.29) is 10.7 Å². The number of benzene rings is 2. The molecule has 0 heterocycles. The third-order valence-corrected chi connectivity index (χ3v) is 4.66. The number of para-hydroxylation sites is 1. The molecule has 2 aromatic carbocycles. The van der Waals surface area contributed by atoms with Crippen molar-refractivity contribution in [3.05, 3.63) is 70.6 Å². The van der Waals surface area contributed by atoms with Crippen molar-refractivity contribution in [1.82, 2.24) is 0 Å². The molecule has 0 N–H and O–H groups in total. The van der Waals surface area contributed by atoms with Crippen LogP contribution < -0.4 is 4.74 Å². The monoisotopic (exact) mass is 313 g/mol. The number of sulfone groups is 1. The first kappa shape index (κ1) is 15.8. The molecule has 0 saturated heterocycles. The molecule has 0 aromatic heterocycles. The highest BCUT2D eigenvalue weighted by molar-refractivity contribution is 7.95. The third kappa shape index (κ3) is 3.74. The Morgan fingerprint density at radius 1 is 1.14 bits per heavy atom. The van der Waals surface area contributed by atoms with Crippen LogP contribution in [0.4, 0.5) is 0 Å². The number of methoxy groups -OCH3 is 1. The van der Waals surface area contributed by atoms with Crippen LogP contribution >= 0.6 is 0 Å². The number of nitriles is 1. The molecular weight excluding hydrogens is 298 g/mol. The van der Waals surface area contributed by atoms with Crippen molar-refractivity contribution in [2.75, 3.05) is 7.11 Å². The molecule has 22 heavy (non-hydrogen) atoms. The van der Waals surface area contributed by atoms with Crippen molar-refractivity contribution in [2.24, 2.45) is 0 Å². The van der Waals surface area contributed by atoms with Crippen LogP contribution in [0, 0.1) is 11.3 Å². The average Bonchev–Trinajstić information content (AvgIpc) is 2.53. The van der Waals surface area contributed by atoms with E-state index >= 15 is 0 Å². The summed E-state index contributed by atoms with van der Waals surface area (Å²) in [5, 5.41) is 9.23. The smallest absolute Gasteiger partial charge is 0.192 e. The normalized spacial score (nSPS) is 11.7. The number of nitrogens with zero attached hydrogens (tertiary/aromatic N) is 1. The summed E-state index contributed by atoms with van der Waals surface area (Å²) in [7, 11) is -2.21. The minimum absolute atomic E-state index is 0.206. The molecule has 0 aliphatic heterocycles. The molecule has 4 nitrogen and oxygen atoms in total. The van der Waals surface area contributed by atoms with Crippen LogP contribution in [0.3, 0.4) is 0 Å². The van der Waals surface area contributed by atoms with Crippen LogP contribution in [0.1, 0.15) is 11.1 Å². The van der Waals surface area contributed by atoms with Crippen LogP contribution in [0.25, 0.3) is 6.08 Å². The fraction of sp³-hybridized carbons (Fsp3) is 0.118. The third-order valence-electron chi connectivity index (χ3n) is 3.07.